The zero-order valence-electron chi connectivity index (χ0n) is 16.9. The Bertz CT molecular complexity index is 1130. The van der Waals surface area contributed by atoms with E-state index in [0.29, 0.717) is 6.42 Å². The van der Waals surface area contributed by atoms with E-state index in [1.807, 2.05) is 24.4 Å². The van der Waals surface area contributed by atoms with Crippen LogP contribution in [0.25, 0.3) is 21.5 Å². The highest BCUT2D eigenvalue weighted by Crippen LogP contribution is 2.29. The lowest BCUT2D eigenvalue weighted by atomic mass is 9.94. The molecule has 1 fully saturated rings. The first-order valence-electron chi connectivity index (χ1n) is 10.6. The van der Waals surface area contributed by atoms with Crippen molar-refractivity contribution in [3.63, 3.8) is 0 Å². The van der Waals surface area contributed by atoms with E-state index in [1.54, 1.807) is 0 Å². The van der Waals surface area contributed by atoms with Gasteiger partial charge in [-0.2, -0.15) is 0 Å². The average Bonchev–Trinajstić information content (AvgIpc) is 3.25. The van der Waals surface area contributed by atoms with Crippen LogP contribution in [0, 0.1) is 0 Å². The minimum absolute atomic E-state index is 0.125. The van der Waals surface area contributed by atoms with Crippen molar-refractivity contribution in [2.24, 2.45) is 0 Å². The summed E-state index contributed by atoms with van der Waals surface area (Å²) in [4.78, 5) is 19.4. The number of amides is 1. The monoisotopic (exact) mass is 395 g/mol. The molecular formula is C26H25N3O. The molecule has 0 radical (unpaired) electrons. The van der Waals surface area contributed by atoms with Gasteiger partial charge in [0.2, 0.25) is 5.91 Å². The smallest absolute Gasteiger partial charge is 0.220 e. The number of carbonyl (C=O) groups excluding carboxylic acids is 1. The van der Waals surface area contributed by atoms with Crippen LogP contribution in [0.15, 0.2) is 79.0 Å². The third-order valence-corrected chi connectivity index (χ3v) is 6.01. The van der Waals surface area contributed by atoms with E-state index in [1.165, 1.54) is 27.1 Å². The highest BCUT2D eigenvalue weighted by molar-refractivity contribution is 6.02. The van der Waals surface area contributed by atoms with Gasteiger partial charge in [0.15, 0.2) is 0 Å². The van der Waals surface area contributed by atoms with Gasteiger partial charge in [0.1, 0.15) is 5.82 Å². The van der Waals surface area contributed by atoms with Crippen molar-refractivity contribution in [2.45, 2.75) is 25.3 Å². The predicted octanol–water partition coefficient (Wildman–Crippen LogP) is 4.72. The van der Waals surface area contributed by atoms with Gasteiger partial charge in [0.25, 0.3) is 0 Å². The minimum atomic E-state index is 0.125. The Morgan fingerprint density at radius 3 is 2.37 bits per heavy atom. The Morgan fingerprint density at radius 2 is 1.67 bits per heavy atom. The first-order valence-corrected chi connectivity index (χ1v) is 10.6. The van der Waals surface area contributed by atoms with Crippen LogP contribution in [0.5, 0.6) is 0 Å². The molecule has 5 rings (SSSR count). The third kappa shape index (κ3) is 3.73. The van der Waals surface area contributed by atoms with Gasteiger partial charge < -0.3 is 10.2 Å². The fourth-order valence-corrected chi connectivity index (χ4v) is 4.54. The van der Waals surface area contributed by atoms with E-state index in [2.05, 4.69) is 69.8 Å². The summed E-state index contributed by atoms with van der Waals surface area (Å²) in [5.74, 6) is 1.11. The van der Waals surface area contributed by atoms with Crippen LogP contribution in [-0.4, -0.2) is 30.0 Å². The van der Waals surface area contributed by atoms with Crippen molar-refractivity contribution in [3.8, 4) is 0 Å². The molecule has 1 unspecified atom stereocenters. The average molecular weight is 396 g/mol. The quantitative estimate of drug-likeness (QED) is 0.498. The molecule has 1 aliphatic rings. The normalized spacial score (nSPS) is 16.3. The van der Waals surface area contributed by atoms with Gasteiger partial charge in [-0.05, 0) is 58.1 Å². The van der Waals surface area contributed by atoms with Crippen molar-refractivity contribution in [1.29, 1.82) is 0 Å². The molecule has 0 spiro atoms. The van der Waals surface area contributed by atoms with Crippen LogP contribution in [0.2, 0.25) is 0 Å². The molecule has 30 heavy (non-hydrogen) atoms. The molecule has 3 aromatic carbocycles. The summed E-state index contributed by atoms with van der Waals surface area (Å²) >= 11 is 0. The second-order valence-corrected chi connectivity index (χ2v) is 7.98. The fraction of sp³-hybridized carbons (Fsp3) is 0.231. The number of aromatic nitrogens is 1. The molecule has 1 aromatic heterocycles. The first kappa shape index (κ1) is 18.6. The number of rotatable bonds is 5. The summed E-state index contributed by atoms with van der Waals surface area (Å²) in [6, 6.07) is 25.3. The van der Waals surface area contributed by atoms with Gasteiger partial charge in [0.05, 0.1) is 0 Å². The number of hydrogen-bond acceptors (Lipinski definition) is 3. The number of carbonyl (C=O) groups is 1. The summed E-state index contributed by atoms with van der Waals surface area (Å²) in [6.45, 7) is 1.75. The number of hydrogen-bond donors (Lipinski definition) is 1. The Balaban J connectivity index is 1.28. The molecule has 2 heterocycles. The van der Waals surface area contributed by atoms with Gasteiger partial charge in [-0.1, -0.05) is 54.6 Å². The molecule has 1 N–H and O–H groups in total. The molecule has 150 valence electrons. The van der Waals surface area contributed by atoms with Crippen molar-refractivity contribution in [3.05, 3.63) is 84.6 Å². The van der Waals surface area contributed by atoms with Crippen molar-refractivity contribution >= 4 is 33.3 Å². The van der Waals surface area contributed by atoms with E-state index < -0.39 is 0 Å². The Morgan fingerprint density at radius 1 is 0.967 bits per heavy atom. The molecule has 0 aliphatic carbocycles. The van der Waals surface area contributed by atoms with Gasteiger partial charge in [-0.25, -0.2) is 4.98 Å². The van der Waals surface area contributed by atoms with Crippen LogP contribution in [-0.2, 0) is 11.2 Å². The lowest BCUT2D eigenvalue weighted by Gasteiger charge is -2.18. The van der Waals surface area contributed by atoms with Crippen LogP contribution in [0.4, 0.5) is 5.82 Å². The molecular weight excluding hydrogens is 370 g/mol. The maximum absolute atomic E-state index is 12.7. The van der Waals surface area contributed by atoms with E-state index in [-0.39, 0.29) is 11.9 Å². The standard InChI is InChI=1S/C26H25N3O/c30-26(28-21-14-16-29(18-21)25-11-5-6-15-27-25)13-12-24-22-9-3-1-7-19(22)17-20-8-2-4-10-23(20)24/h1-11,15,17,21H,12-14,16,18H2,(H,28,30). The largest absolute Gasteiger partial charge is 0.354 e. The maximum Gasteiger partial charge on any atom is 0.220 e. The van der Waals surface area contributed by atoms with Gasteiger partial charge in [-0.3, -0.25) is 4.79 Å². The van der Waals surface area contributed by atoms with Gasteiger partial charge >= 0.3 is 0 Å². The van der Waals surface area contributed by atoms with Crippen LogP contribution < -0.4 is 10.2 Å². The first-order chi connectivity index (χ1) is 14.8. The topological polar surface area (TPSA) is 45.2 Å². The molecule has 1 saturated heterocycles. The second-order valence-electron chi connectivity index (χ2n) is 7.98. The van der Waals surface area contributed by atoms with Gasteiger partial charge in [-0.15, -0.1) is 0 Å². The highest BCUT2D eigenvalue weighted by Gasteiger charge is 2.24. The summed E-state index contributed by atoms with van der Waals surface area (Å²) in [6.07, 6.45) is 4.01. The molecule has 1 aliphatic heterocycles. The Kier molecular flexibility index (Phi) is 5.06. The number of benzene rings is 3. The number of nitrogens with zero attached hydrogens (tertiary/aromatic N) is 2. The summed E-state index contributed by atoms with van der Waals surface area (Å²) in [5, 5.41) is 8.18. The second kappa shape index (κ2) is 8.15. The molecule has 0 bridgehead atoms. The van der Waals surface area contributed by atoms with E-state index >= 15 is 0 Å². The van der Waals surface area contributed by atoms with Crippen LogP contribution >= 0.6 is 0 Å². The summed E-state index contributed by atoms with van der Waals surface area (Å²) < 4.78 is 0. The van der Waals surface area contributed by atoms with E-state index in [4.69, 9.17) is 0 Å². The molecule has 4 aromatic rings. The number of pyridine rings is 1. The molecule has 0 saturated carbocycles. The fourth-order valence-electron chi connectivity index (χ4n) is 4.54. The van der Waals surface area contributed by atoms with Crippen LogP contribution in [0.1, 0.15) is 18.4 Å². The van der Waals surface area contributed by atoms with Crippen molar-refractivity contribution < 1.29 is 4.79 Å². The zero-order chi connectivity index (χ0) is 20.3. The minimum Gasteiger partial charge on any atom is -0.354 e. The predicted molar refractivity (Wildman–Crippen MR) is 123 cm³/mol. The molecule has 1 atom stereocenters. The Hall–Kier alpha value is -3.40. The summed E-state index contributed by atoms with van der Waals surface area (Å²) in [7, 11) is 0. The summed E-state index contributed by atoms with van der Waals surface area (Å²) in [5.41, 5.74) is 1.26. The van der Waals surface area contributed by atoms with Gasteiger partial charge in [0, 0.05) is 31.7 Å². The van der Waals surface area contributed by atoms with Crippen LogP contribution in [0.3, 0.4) is 0 Å². The van der Waals surface area contributed by atoms with Crippen molar-refractivity contribution in [2.75, 3.05) is 18.0 Å². The maximum atomic E-state index is 12.7. The number of anilines is 1. The molecule has 4 heteroatoms. The SMILES string of the molecule is O=C(CCc1c2ccccc2cc2ccccc12)NC1CCN(c2ccccn2)C1. The molecule has 4 nitrogen and oxygen atoms in total. The Labute approximate surface area is 176 Å². The number of fused-ring (bicyclic) bond motifs is 2. The number of aryl methyl sites for hydroxylation is 1. The third-order valence-electron chi connectivity index (χ3n) is 6.01. The zero-order valence-corrected chi connectivity index (χ0v) is 16.9. The van der Waals surface area contributed by atoms with E-state index in [0.717, 1.165) is 31.7 Å². The van der Waals surface area contributed by atoms with E-state index in [9.17, 15) is 4.79 Å². The molecule has 1 amide bonds. The van der Waals surface area contributed by atoms with Crippen molar-refractivity contribution in [1.82, 2.24) is 10.3 Å². The lowest BCUT2D eigenvalue weighted by molar-refractivity contribution is -0.121. The number of nitrogens with one attached hydrogen (secondary N) is 1. The lowest BCUT2D eigenvalue weighted by Crippen LogP contribution is -2.37. The highest BCUT2D eigenvalue weighted by atomic mass is 16.1.